The van der Waals surface area contributed by atoms with Crippen LogP contribution in [0.15, 0.2) is 11.0 Å². The lowest BCUT2D eigenvalue weighted by Gasteiger charge is -2.33. The van der Waals surface area contributed by atoms with E-state index in [1.54, 1.807) is 18.3 Å². The molecule has 0 radical (unpaired) electrons. The van der Waals surface area contributed by atoms with Crippen LogP contribution in [0.1, 0.15) is 60.9 Å². The molecule has 160 valence electrons. The summed E-state index contributed by atoms with van der Waals surface area (Å²) in [6.45, 7) is 10.9. The first-order valence-corrected chi connectivity index (χ1v) is 11.4. The first-order valence-electron chi connectivity index (χ1n) is 10.2. The number of nitrogens with zero attached hydrogens (tertiary/aromatic N) is 4. The second-order valence-corrected chi connectivity index (χ2v) is 10.4. The van der Waals surface area contributed by atoms with Gasteiger partial charge in [0.1, 0.15) is 16.3 Å². The zero-order valence-electron chi connectivity index (χ0n) is 17.9. The summed E-state index contributed by atoms with van der Waals surface area (Å²) in [6, 6.07) is 0. The summed E-state index contributed by atoms with van der Waals surface area (Å²) in [5, 5.41) is 4.96. The number of halogens is 1. The molecular weight excluding hydrogens is 422 g/mol. The second kappa shape index (κ2) is 7.50. The maximum absolute atomic E-state index is 13.4. The van der Waals surface area contributed by atoms with E-state index in [-0.39, 0.29) is 21.7 Å². The van der Waals surface area contributed by atoms with Gasteiger partial charge in [0.25, 0.3) is 11.5 Å². The lowest BCUT2D eigenvalue weighted by Crippen LogP contribution is -2.36. The number of amides is 1. The first kappa shape index (κ1) is 21.1. The van der Waals surface area contributed by atoms with Gasteiger partial charge in [-0.15, -0.1) is 11.3 Å². The summed E-state index contributed by atoms with van der Waals surface area (Å²) in [5.41, 5.74) is 3.99. The Morgan fingerprint density at radius 2 is 2.13 bits per heavy atom. The number of rotatable bonds is 3. The predicted octanol–water partition coefficient (Wildman–Crippen LogP) is 4.17. The molecule has 1 atom stereocenters. The van der Waals surface area contributed by atoms with Crippen LogP contribution in [-0.2, 0) is 19.4 Å². The maximum atomic E-state index is 13.4. The van der Waals surface area contributed by atoms with Gasteiger partial charge in [-0.25, -0.2) is 9.66 Å². The quantitative estimate of drug-likeness (QED) is 0.653. The van der Waals surface area contributed by atoms with E-state index in [9.17, 15) is 9.59 Å². The highest BCUT2D eigenvalue weighted by Crippen LogP contribution is 2.42. The number of fused-ring (bicyclic) bond motifs is 3. The van der Waals surface area contributed by atoms with E-state index < -0.39 is 5.91 Å². The minimum absolute atomic E-state index is 0.228. The topological polar surface area (TPSA) is 81.8 Å². The van der Waals surface area contributed by atoms with Gasteiger partial charge in [-0.05, 0) is 50.0 Å². The van der Waals surface area contributed by atoms with Gasteiger partial charge >= 0.3 is 0 Å². The number of nitrogens with one attached hydrogen (secondary N) is 1. The van der Waals surface area contributed by atoms with Gasteiger partial charge in [0, 0.05) is 11.4 Å². The highest BCUT2D eigenvalue weighted by molar-refractivity contribution is 7.18. The molecule has 1 N–H and O–H groups in total. The number of carbonyl (C=O) groups is 1. The number of hydrogen-bond acceptors (Lipinski definition) is 5. The molecule has 0 unspecified atom stereocenters. The molecule has 1 amide bonds. The summed E-state index contributed by atoms with van der Waals surface area (Å²) in [4.78, 5) is 32.9. The van der Waals surface area contributed by atoms with Gasteiger partial charge < -0.3 is 0 Å². The van der Waals surface area contributed by atoms with Gasteiger partial charge in [0.15, 0.2) is 0 Å². The van der Waals surface area contributed by atoms with E-state index in [1.807, 2.05) is 6.92 Å². The monoisotopic (exact) mass is 447 g/mol. The van der Waals surface area contributed by atoms with Gasteiger partial charge in [-0.3, -0.25) is 19.7 Å². The van der Waals surface area contributed by atoms with Crippen molar-refractivity contribution in [2.24, 2.45) is 11.3 Å². The molecule has 7 nitrogen and oxygen atoms in total. The first-order chi connectivity index (χ1) is 14.1. The van der Waals surface area contributed by atoms with E-state index in [4.69, 9.17) is 11.6 Å². The smallest absolute Gasteiger partial charge is 0.267 e. The third kappa shape index (κ3) is 3.46. The number of carbonyl (C=O) groups excluding carboxylic acids is 1. The van der Waals surface area contributed by atoms with Crippen molar-refractivity contribution in [3.63, 3.8) is 0 Å². The van der Waals surface area contributed by atoms with Crippen LogP contribution in [0.5, 0.6) is 0 Å². The molecule has 30 heavy (non-hydrogen) atoms. The predicted molar refractivity (Wildman–Crippen MR) is 120 cm³/mol. The summed E-state index contributed by atoms with van der Waals surface area (Å²) < 4.78 is 2.74. The molecule has 0 spiro atoms. The Balaban J connectivity index is 1.75. The van der Waals surface area contributed by atoms with E-state index in [0.717, 1.165) is 29.7 Å². The minimum Gasteiger partial charge on any atom is -0.267 e. The van der Waals surface area contributed by atoms with Crippen LogP contribution in [0.4, 0.5) is 0 Å². The number of aryl methyl sites for hydroxylation is 3. The number of hydrogen-bond donors (Lipinski definition) is 1. The van der Waals surface area contributed by atoms with Gasteiger partial charge in [0.05, 0.1) is 16.6 Å². The lowest BCUT2D eigenvalue weighted by molar-refractivity contribution is 0.0996. The molecule has 9 heteroatoms. The van der Waals surface area contributed by atoms with Crippen LogP contribution in [0, 0.1) is 18.3 Å². The molecule has 3 heterocycles. The van der Waals surface area contributed by atoms with Crippen molar-refractivity contribution in [1.29, 1.82) is 0 Å². The number of aromatic nitrogens is 4. The fourth-order valence-corrected chi connectivity index (χ4v) is 5.74. The molecule has 0 bridgehead atoms. The average Bonchev–Trinajstić information content (AvgIpc) is 3.23. The summed E-state index contributed by atoms with van der Waals surface area (Å²) >= 11 is 7.75. The highest BCUT2D eigenvalue weighted by atomic mass is 35.5. The molecule has 0 aliphatic heterocycles. The summed E-state index contributed by atoms with van der Waals surface area (Å²) in [7, 11) is 0. The molecule has 3 aromatic heterocycles. The Hall–Kier alpha value is -2.19. The van der Waals surface area contributed by atoms with E-state index in [2.05, 4.69) is 36.3 Å². The lowest BCUT2D eigenvalue weighted by atomic mass is 9.72. The standard InChI is InChI=1S/C21H26ClN5O2S/c1-6-26-17(14(22)10-23-26)18(28)25-27-11(2)24-19-16(20(27)29)13-8-7-12(21(3,4)5)9-15(13)30-19/h10,12H,6-9H2,1-5H3,(H,25,28)/t12-/m0/s1. The van der Waals surface area contributed by atoms with Crippen LogP contribution in [-0.4, -0.2) is 25.3 Å². The van der Waals surface area contributed by atoms with E-state index >= 15 is 0 Å². The molecular formula is C21H26ClN5O2S. The maximum Gasteiger partial charge on any atom is 0.290 e. The van der Waals surface area contributed by atoms with E-state index in [1.165, 1.54) is 20.4 Å². The van der Waals surface area contributed by atoms with Crippen molar-refractivity contribution in [2.75, 3.05) is 5.43 Å². The molecule has 0 aromatic carbocycles. The van der Waals surface area contributed by atoms with Crippen molar-refractivity contribution in [3.05, 3.63) is 43.5 Å². The van der Waals surface area contributed by atoms with Crippen molar-refractivity contribution in [3.8, 4) is 0 Å². The van der Waals surface area contributed by atoms with Gasteiger partial charge in [-0.2, -0.15) is 5.10 Å². The molecule has 3 aromatic rings. The van der Waals surface area contributed by atoms with Gasteiger partial charge in [-0.1, -0.05) is 32.4 Å². The van der Waals surface area contributed by atoms with Gasteiger partial charge in [0.2, 0.25) is 0 Å². The second-order valence-electron chi connectivity index (χ2n) is 8.89. The molecule has 1 aliphatic carbocycles. The molecule has 0 saturated carbocycles. The Bertz CT molecular complexity index is 1200. The molecule has 0 saturated heterocycles. The Labute approximate surface area is 184 Å². The van der Waals surface area contributed by atoms with Crippen molar-refractivity contribution in [1.82, 2.24) is 19.4 Å². The average molecular weight is 448 g/mol. The summed E-state index contributed by atoms with van der Waals surface area (Å²) in [5.74, 6) is 0.533. The van der Waals surface area contributed by atoms with Crippen LogP contribution >= 0.6 is 22.9 Å². The largest absolute Gasteiger partial charge is 0.290 e. The fraction of sp³-hybridized carbons (Fsp3) is 0.524. The van der Waals surface area contributed by atoms with Crippen molar-refractivity contribution >= 4 is 39.1 Å². The fourth-order valence-electron chi connectivity index (χ4n) is 4.18. The SMILES string of the molecule is CCn1ncc(Cl)c1C(=O)Nn1c(C)nc2sc3c(c2c1=O)CC[C@H](C(C)(C)C)C3. The zero-order valence-corrected chi connectivity index (χ0v) is 19.4. The normalized spacial score (nSPS) is 16.7. The minimum atomic E-state index is -0.484. The molecule has 1 aliphatic rings. The zero-order chi connectivity index (χ0) is 21.8. The third-order valence-corrected chi connectivity index (χ3v) is 7.42. The molecule has 0 fully saturated rings. The Morgan fingerprint density at radius 1 is 1.40 bits per heavy atom. The molecule has 4 rings (SSSR count). The van der Waals surface area contributed by atoms with Crippen molar-refractivity contribution < 1.29 is 4.79 Å². The van der Waals surface area contributed by atoms with Crippen LogP contribution < -0.4 is 11.0 Å². The summed E-state index contributed by atoms with van der Waals surface area (Å²) in [6.07, 6.45) is 4.31. The van der Waals surface area contributed by atoms with Crippen molar-refractivity contribution in [2.45, 2.75) is 60.4 Å². The Kier molecular flexibility index (Phi) is 5.26. The van der Waals surface area contributed by atoms with E-state index in [0.29, 0.717) is 23.7 Å². The highest BCUT2D eigenvalue weighted by Gasteiger charge is 2.32. The number of thiophene rings is 1. The third-order valence-electron chi connectivity index (χ3n) is 6.00. The van der Waals surface area contributed by atoms with Crippen LogP contribution in [0.3, 0.4) is 0 Å². The Morgan fingerprint density at radius 3 is 2.80 bits per heavy atom. The van der Waals surface area contributed by atoms with Crippen LogP contribution in [0.25, 0.3) is 10.2 Å². The van der Waals surface area contributed by atoms with Crippen LogP contribution in [0.2, 0.25) is 5.02 Å².